The first kappa shape index (κ1) is 18.3. The minimum atomic E-state index is -0.961. The summed E-state index contributed by atoms with van der Waals surface area (Å²) in [7, 11) is 0. The fraction of sp³-hybridized carbons (Fsp3) is 0.231. The van der Waals surface area contributed by atoms with Gasteiger partial charge in [0.25, 0.3) is 0 Å². The number of carboxylic acid groups (broad SMARTS) is 2. The van der Waals surface area contributed by atoms with E-state index in [1.54, 1.807) is 13.0 Å². The molecule has 1 aromatic heterocycles. The maximum atomic E-state index is 10.5. The first-order valence-electron chi connectivity index (χ1n) is 5.55. The molecule has 2 aromatic rings. The summed E-state index contributed by atoms with van der Waals surface area (Å²) in [4.78, 5) is 22.8. The molecule has 0 aliphatic rings. The third-order valence-corrected chi connectivity index (χ3v) is 2.21. The molecule has 0 amide bonds. The largest absolute Gasteiger partial charge is 1.00 e. The number of aliphatic carboxylic acids is 1. The van der Waals surface area contributed by atoms with Gasteiger partial charge < -0.3 is 20.0 Å². The van der Waals surface area contributed by atoms with Crippen molar-refractivity contribution in [2.45, 2.75) is 19.8 Å². The zero-order chi connectivity index (χ0) is 13.5. The van der Waals surface area contributed by atoms with Crippen LogP contribution in [-0.2, 0) is 4.79 Å². The van der Waals surface area contributed by atoms with Gasteiger partial charge in [0.1, 0.15) is 5.69 Å². The van der Waals surface area contributed by atoms with Gasteiger partial charge in [0.2, 0.25) is 0 Å². The Morgan fingerprint density at radius 1 is 1.32 bits per heavy atom. The normalized spacial score (nSPS) is 9.11. The molecule has 1 aromatic carbocycles. The number of H-pyrrole nitrogens is 1. The van der Waals surface area contributed by atoms with E-state index in [9.17, 15) is 14.7 Å². The molecule has 0 fully saturated rings. The number of carboxylic acids is 2. The second kappa shape index (κ2) is 9.27. The predicted molar refractivity (Wildman–Crippen MR) is 65.2 cm³/mol. The molecule has 0 radical (unpaired) electrons. The SMILES string of the molecule is CCCC(=O)[O-].O=C(O)c1cc2ccccc2[nH]1.[K+]. The fourth-order valence-corrected chi connectivity index (χ4v) is 1.39. The summed E-state index contributed by atoms with van der Waals surface area (Å²) >= 11 is 0. The molecule has 0 atom stereocenters. The van der Waals surface area contributed by atoms with Crippen LogP contribution in [0.5, 0.6) is 0 Å². The Balaban J connectivity index is 0.000000404. The smallest absolute Gasteiger partial charge is 0.550 e. The molecule has 0 spiro atoms. The molecule has 6 heteroatoms. The molecule has 5 nitrogen and oxygen atoms in total. The molecule has 0 bridgehead atoms. The van der Waals surface area contributed by atoms with Crippen molar-refractivity contribution in [3.63, 3.8) is 0 Å². The van der Waals surface area contributed by atoms with Gasteiger partial charge in [0, 0.05) is 16.9 Å². The van der Waals surface area contributed by atoms with Crippen molar-refractivity contribution < 1.29 is 71.2 Å². The van der Waals surface area contributed by atoms with Crippen LogP contribution < -0.4 is 56.5 Å². The number of hydrogen-bond acceptors (Lipinski definition) is 3. The second-order valence-electron chi connectivity index (χ2n) is 3.70. The number of fused-ring (bicyclic) bond motifs is 1. The first-order valence-corrected chi connectivity index (χ1v) is 5.55. The van der Waals surface area contributed by atoms with Crippen molar-refractivity contribution in [1.29, 1.82) is 0 Å². The number of aromatic carboxylic acids is 1. The van der Waals surface area contributed by atoms with E-state index in [2.05, 4.69) is 4.98 Å². The molecule has 2 N–H and O–H groups in total. The third kappa shape index (κ3) is 6.35. The van der Waals surface area contributed by atoms with E-state index in [1.165, 1.54) is 0 Å². The van der Waals surface area contributed by atoms with Crippen LogP contribution in [0, 0.1) is 0 Å². The summed E-state index contributed by atoms with van der Waals surface area (Å²) < 4.78 is 0. The monoisotopic (exact) mass is 287 g/mol. The first-order chi connectivity index (χ1) is 8.54. The van der Waals surface area contributed by atoms with E-state index in [4.69, 9.17) is 5.11 Å². The van der Waals surface area contributed by atoms with Gasteiger partial charge in [-0.05, 0) is 18.6 Å². The second-order valence-corrected chi connectivity index (χ2v) is 3.70. The van der Waals surface area contributed by atoms with E-state index < -0.39 is 11.9 Å². The molecule has 0 unspecified atom stereocenters. The predicted octanol–water partition coefficient (Wildman–Crippen LogP) is -1.59. The summed E-state index contributed by atoms with van der Waals surface area (Å²) in [6.07, 6.45) is 0.850. The molecule has 19 heavy (non-hydrogen) atoms. The summed E-state index contributed by atoms with van der Waals surface area (Å²) in [5.41, 5.74) is 1.09. The number of hydrogen-bond donors (Lipinski definition) is 2. The fourth-order valence-electron chi connectivity index (χ4n) is 1.39. The molecule has 0 saturated heterocycles. The molecule has 96 valence electrons. The van der Waals surface area contributed by atoms with Crippen LogP contribution in [-0.4, -0.2) is 22.0 Å². The van der Waals surface area contributed by atoms with Crippen LogP contribution in [0.15, 0.2) is 30.3 Å². The quantitative estimate of drug-likeness (QED) is 0.665. The van der Waals surface area contributed by atoms with Gasteiger partial charge in [-0.3, -0.25) is 0 Å². The van der Waals surface area contributed by atoms with Gasteiger partial charge in [-0.1, -0.05) is 31.5 Å². The zero-order valence-corrected chi connectivity index (χ0v) is 14.1. The number of nitrogens with one attached hydrogen (secondary N) is 1. The Hall–Kier alpha value is -0.664. The molecular formula is C13H14KNO4. The number of rotatable bonds is 3. The van der Waals surface area contributed by atoms with Crippen molar-refractivity contribution in [2.75, 3.05) is 0 Å². The van der Waals surface area contributed by atoms with Crippen molar-refractivity contribution in [3.8, 4) is 0 Å². The Labute approximate surface area is 153 Å². The Morgan fingerprint density at radius 3 is 2.37 bits per heavy atom. The van der Waals surface area contributed by atoms with Gasteiger partial charge in [0.15, 0.2) is 0 Å². The average Bonchev–Trinajstić information content (AvgIpc) is 2.73. The van der Waals surface area contributed by atoms with Crippen LogP contribution >= 0.6 is 0 Å². The van der Waals surface area contributed by atoms with E-state index in [1.807, 2.05) is 24.3 Å². The van der Waals surface area contributed by atoms with Crippen LogP contribution in [0.25, 0.3) is 10.9 Å². The molecule has 0 saturated carbocycles. The Kier molecular flexibility index (Phi) is 8.95. The molecular weight excluding hydrogens is 273 g/mol. The number of aromatic nitrogens is 1. The third-order valence-electron chi connectivity index (χ3n) is 2.21. The van der Waals surface area contributed by atoms with Gasteiger partial charge in [-0.15, -0.1) is 0 Å². The van der Waals surface area contributed by atoms with Crippen molar-refractivity contribution in [1.82, 2.24) is 4.98 Å². The molecule has 0 aliphatic heterocycles. The Morgan fingerprint density at radius 2 is 1.95 bits per heavy atom. The Bertz CT molecular complexity index is 517. The molecule has 2 rings (SSSR count). The van der Waals surface area contributed by atoms with Crippen LogP contribution in [0.2, 0.25) is 0 Å². The van der Waals surface area contributed by atoms with Crippen molar-refractivity contribution in [2.24, 2.45) is 0 Å². The molecule has 0 aliphatic carbocycles. The molecule has 1 heterocycles. The van der Waals surface area contributed by atoms with Gasteiger partial charge >= 0.3 is 57.4 Å². The van der Waals surface area contributed by atoms with Gasteiger partial charge in [-0.25, -0.2) is 4.79 Å². The van der Waals surface area contributed by atoms with E-state index >= 15 is 0 Å². The maximum absolute atomic E-state index is 10.5. The summed E-state index contributed by atoms with van der Waals surface area (Å²) in [6.45, 7) is 1.80. The average molecular weight is 287 g/mol. The summed E-state index contributed by atoms with van der Waals surface area (Å²) in [6, 6.07) is 9.09. The van der Waals surface area contributed by atoms with Crippen LogP contribution in [0.3, 0.4) is 0 Å². The number of aromatic amines is 1. The van der Waals surface area contributed by atoms with E-state index in [-0.39, 0.29) is 63.5 Å². The van der Waals surface area contributed by atoms with Gasteiger partial charge in [0.05, 0.1) is 0 Å². The number of para-hydroxylation sites is 1. The summed E-state index contributed by atoms with van der Waals surface area (Å²) in [5.74, 6) is -1.89. The van der Waals surface area contributed by atoms with Gasteiger partial charge in [-0.2, -0.15) is 0 Å². The standard InChI is InChI=1S/C9H7NO2.C4H8O2.K/c11-9(12)8-5-6-3-1-2-4-7(6)10-8;1-2-3-4(5)6;/h1-5,10H,(H,11,12);2-3H2,1H3,(H,5,6);/q;;+1/p-1. The van der Waals surface area contributed by atoms with Crippen molar-refractivity contribution in [3.05, 3.63) is 36.0 Å². The topological polar surface area (TPSA) is 93.2 Å². The maximum Gasteiger partial charge on any atom is 1.00 e. The number of carbonyl (C=O) groups excluding carboxylic acids is 1. The van der Waals surface area contributed by atoms with Crippen molar-refractivity contribution >= 4 is 22.8 Å². The van der Waals surface area contributed by atoms with Crippen LogP contribution in [0.4, 0.5) is 0 Å². The van der Waals surface area contributed by atoms with Crippen LogP contribution in [0.1, 0.15) is 30.3 Å². The van der Waals surface area contributed by atoms with E-state index in [0.29, 0.717) is 6.42 Å². The minimum absolute atomic E-state index is 0. The number of benzene rings is 1. The number of carbonyl (C=O) groups is 2. The minimum Gasteiger partial charge on any atom is -0.550 e. The van der Waals surface area contributed by atoms with E-state index in [0.717, 1.165) is 10.9 Å². The summed E-state index contributed by atoms with van der Waals surface area (Å²) in [5, 5.41) is 19.1. The zero-order valence-electron chi connectivity index (χ0n) is 11.0.